The maximum absolute atomic E-state index is 13.8. The van der Waals surface area contributed by atoms with Crippen molar-refractivity contribution >= 4 is 0 Å². The van der Waals surface area contributed by atoms with Crippen LogP contribution >= 0.6 is 0 Å². The molecule has 0 amide bonds. The minimum Gasteiger partial charge on any atom is -0.325 e. The van der Waals surface area contributed by atoms with E-state index in [9.17, 15) is 8.78 Å². The molecule has 0 aliphatic carbocycles. The summed E-state index contributed by atoms with van der Waals surface area (Å²) in [4.78, 5) is 0. The third kappa shape index (κ3) is 2.77. The van der Waals surface area contributed by atoms with E-state index in [4.69, 9.17) is 5.73 Å². The van der Waals surface area contributed by atoms with Crippen molar-refractivity contribution in [3.63, 3.8) is 0 Å². The van der Waals surface area contributed by atoms with Gasteiger partial charge in [-0.25, -0.2) is 8.78 Å². The number of hydrogen-bond acceptors (Lipinski definition) is 1. The molecule has 2 atom stereocenters. The molecule has 0 saturated heterocycles. The second-order valence-electron chi connectivity index (χ2n) is 3.87. The van der Waals surface area contributed by atoms with Gasteiger partial charge in [-0.1, -0.05) is 12.1 Å². The SMILES string of the molecule is CC(N)C(C)(F)Cc1ccc(F)cc1. The quantitative estimate of drug-likeness (QED) is 0.795. The van der Waals surface area contributed by atoms with Crippen molar-refractivity contribution in [2.45, 2.75) is 32.0 Å². The zero-order valence-electron chi connectivity index (χ0n) is 8.43. The fraction of sp³-hybridized carbons (Fsp3) is 0.455. The van der Waals surface area contributed by atoms with Crippen LogP contribution in [-0.2, 0) is 6.42 Å². The number of alkyl halides is 1. The molecule has 14 heavy (non-hydrogen) atoms. The molecule has 0 spiro atoms. The summed E-state index contributed by atoms with van der Waals surface area (Å²) in [5.41, 5.74) is 4.81. The van der Waals surface area contributed by atoms with Crippen molar-refractivity contribution in [2.75, 3.05) is 0 Å². The predicted molar refractivity (Wildman–Crippen MR) is 53.3 cm³/mol. The Hall–Kier alpha value is -0.960. The van der Waals surface area contributed by atoms with Gasteiger partial charge < -0.3 is 5.73 Å². The van der Waals surface area contributed by atoms with Crippen LogP contribution in [0.5, 0.6) is 0 Å². The lowest BCUT2D eigenvalue weighted by atomic mass is 9.92. The summed E-state index contributed by atoms with van der Waals surface area (Å²) in [6.45, 7) is 3.09. The number of hydrogen-bond donors (Lipinski definition) is 1. The van der Waals surface area contributed by atoms with Crippen molar-refractivity contribution in [1.29, 1.82) is 0 Å². The molecule has 2 unspecified atom stereocenters. The highest BCUT2D eigenvalue weighted by atomic mass is 19.1. The molecule has 0 heterocycles. The van der Waals surface area contributed by atoms with Crippen molar-refractivity contribution in [2.24, 2.45) is 5.73 Å². The van der Waals surface area contributed by atoms with Crippen LogP contribution in [0.2, 0.25) is 0 Å². The first-order valence-electron chi connectivity index (χ1n) is 4.61. The minimum atomic E-state index is -1.45. The second kappa shape index (κ2) is 4.05. The number of halogens is 2. The van der Waals surface area contributed by atoms with Gasteiger partial charge >= 0.3 is 0 Å². The van der Waals surface area contributed by atoms with Gasteiger partial charge in [-0.05, 0) is 31.5 Å². The highest BCUT2D eigenvalue weighted by Gasteiger charge is 2.28. The average molecular weight is 199 g/mol. The fourth-order valence-corrected chi connectivity index (χ4v) is 1.16. The van der Waals surface area contributed by atoms with Gasteiger partial charge in [-0.15, -0.1) is 0 Å². The highest BCUT2D eigenvalue weighted by Crippen LogP contribution is 2.20. The van der Waals surface area contributed by atoms with Gasteiger partial charge in [-0.2, -0.15) is 0 Å². The molecular weight excluding hydrogens is 184 g/mol. The van der Waals surface area contributed by atoms with E-state index in [2.05, 4.69) is 0 Å². The molecule has 0 bridgehead atoms. The normalized spacial score (nSPS) is 17.5. The van der Waals surface area contributed by atoms with Gasteiger partial charge in [0, 0.05) is 12.5 Å². The Morgan fingerprint density at radius 3 is 2.29 bits per heavy atom. The molecule has 0 aliphatic rings. The zero-order chi connectivity index (χ0) is 10.8. The Kier molecular flexibility index (Phi) is 3.21. The molecule has 1 aromatic rings. The number of rotatable bonds is 3. The molecule has 0 aromatic heterocycles. The lowest BCUT2D eigenvalue weighted by Gasteiger charge is -2.24. The summed E-state index contributed by atoms with van der Waals surface area (Å²) in [7, 11) is 0. The molecule has 3 heteroatoms. The highest BCUT2D eigenvalue weighted by molar-refractivity contribution is 5.18. The third-order valence-electron chi connectivity index (χ3n) is 2.41. The maximum atomic E-state index is 13.8. The van der Waals surface area contributed by atoms with Crippen molar-refractivity contribution in [3.8, 4) is 0 Å². The van der Waals surface area contributed by atoms with E-state index in [1.54, 1.807) is 19.1 Å². The van der Waals surface area contributed by atoms with Gasteiger partial charge in [0.05, 0.1) is 0 Å². The van der Waals surface area contributed by atoms with Crippen molar-refractivity contribution < 1.29 is 8.78 Å². The van der Waals surface area contributed by atoms with E-state index in [1.165, 1.54) is 19.1 Å². The topological polar surface area (TPSA) is 26.0 Å². The summed E-state index contributed by atoms with van der Waals surface area (Å²) in [6, 6.07) is 5.28. The second-order valence-corrected chi connectivity index (χ2v) is 3.87. The Bertz CT molecular complexity index is 291. The lowest BCUT2D eigenvalue weighted by Crippen LogP contribution is -2.41. The smallest absolute Gasteiger partial charge is 0.127 e. The Balaban J connectivity index is 2.74. The largest absolute Gasteiger partial charge is 0.325 e. The monoisotopic (exact) mass is 199 g/mol. The van der Waals surface area contributed by atoms with Crippen LogP contribution in [0.15, 0.2) is 24.3 Å². The average Bonchev–Trinajstić information content (AvgIpc) is 2.08. The zero-order valence-corrected chi connectivity index (χ0v) is 8.43. The van der Waals surface area contributed by atoms with Gasteiger partial charge in [0.1, 0.15) is 11.5 Å². The van der Waals surface area contributed by atoms with E-state index in [0.29, 0.717) is 0 Å². The van der Waals surface area contributed by atoms with E-state index in [0.717, 1.165) is 5.56 Å². The van der Waals surface area contributed by atoms with Crippen molar-refractivity contribution in [3.05, 3.63) is 35.6 Å². The third-order valence-corrected chi connectivity index (χ3v) is 2.41. The van der Waals surface area contributed by atoms with E-state index in [1.807, 2.05) is 0 Å². The van der Waals surface area contributed by atoms with Crippen LogP contribution < -0.4 is 5.73 Å². The summed E-state index contributed by atoms with van der Waals surface area (Å²) in [5, 5.41) is 0. The standard InChI is InChI=1S/C11H15F2N/c1-8(14)11(2,13)7-9-3-5-10(12)6-4-9/h3-6,8H,7,14H2,1-2H3. The summed E-state index contributed by atoms with van der Waals surface area (Å²) < 4.78 is 26.3. The van der Waals surface area contributed by atoms with E-state index < -0.39 is 11.7 Å². The first-order valence-corrected chi connectivity index (χ1v) is 4.61. The predicted octanol–water partition coefficient (Wildman–Crippen LogP) is 2.44. The molecule has 0 saturated carbocycles. The summed E-state index contributed by atoms with van der Waals surface area (Å²) in [6.07, 6.45) is 0.213. The van der Waals surface area contributed by atoms with Crippen LogP contribution in [0.3, 0.4) is 0 Å². The first kappa shape index (κ1) is 11.1. The van der Waals surface area contributed by atoms with E-state index in [-0.39, 0.29) is 12.2 Å². The number of nitrogens with two attached hydrogens (primary N) is 1. The molecule has 1 rings (SSSR count). The Morgan fingerprint density at radius 2 is 1.86 bits per heavy atom. The van der Waals surface area contributed by atoms with Gasteiger partial charge in [0.2, 0.25) is 0 Å². The summed E-state index contributed by atoms with van der Waals surface area (Å²) >= 11 is 0. The van der Waals surface area contributed by atoms with Gasteiger partial charge in [0.15, 0.2) is 0 Å². The maximum Gasteiger partial charge on any atom is 0.127 e. The van der Waals surface area contributed by atoms with Crippen LogP contribution in [0.25, 0.3) is 0 Å². The molecule has 0 fully saturated rings. The molecule has 0 aliphatic heterocycles. The lowest BCUT2D eigenvalue weighted by molar-refractivity contribution is 0.157. The van der Waals surface area contributed by atoms with E-state index >= 15 is 0 Å². The Morgan fingerprint density at radius 1 is 1.36 bits per heavy atom. The summed E-state index contributed by atoms with van der Waals surface area (Å²) in [5.74, 6) is -0.310. The molecule has 2 N–H and O–H groups in total. The molecular formula is C11H15F2N. The van der Waals surface area contributed by atoms with Crippen LogP contribution in [0.4, 0.5) is 8.78 Å². The molecule has 0 radical (unpaired) electrons. The van der Waals surface area contributed by atoms with Gasteiger partial charge in [0.25, 0.3) is 0 Å². The van der Waals surface area contributed by atoms with Crippen LogP contribution in [0.1, 0.15) is 19.4 Å². The Labute approximate surface area is 82.9 Å². The fourth-order valence-electron chi connectivity index (χ4n) is 1.16. The van der Waals surface area contributed by atoms with Crippen molar-refractivity contribution in [1.82, 2.24) is 0 Å². The van der Waals surface area contributed by atoms with Crippen LogP contribution in [0, 0.1) is 5.82 Å². The molecule has 1 aromatic carbocycles. The molecule has 1 nitrogen and oxygen atoms in total. The number of benzene rings is 1. The van der Waals surface area contributed by atoms with Crippen LogP contribution in [-0.4, -0.2) is 11.7 Å². The molecule has 78 valence electrons. The minimum absolute atomic E-state index is 0.213. The van der Waals surface area contributed by atoms with Gasteiger partial charge in [-0.3, -0.25) is 0 Å². The first-order chi connectivity index (χ1) is 6.42.